The Balaban J connectivity index is 0.00000280. The lowest BCUT2D eigenvalue weighted by Crippen LogP contribution is -2.38. The molecule has 1 aromatic carbocycles. The number of rotatable bonds is 6. The summed E-state index contributed by atoms with van der Waals surface area (Å²) in [6.45, 7) is 3.92. The minimum Gasteiger partial charge on any atom is -0.481 e. The van der Waals surface area contributed by atoms with Crippen LogP contribution in [0.25, 0.3) is 0 Å². The molecule has 0 bridgehead atoms. The molecule has 3 N–H and O–H groups in total. The van der Waals surface area contributed by atoms with Crippen molar-refractivity contribution in [3.8, 4) is 0 Å². The van der Waals surface area contributed by atoms with Gasteiger partial charge < -0.3 is 15.7 Å². The molecule has 1 aromatic rings. The number of carbonyl (C=O) groups excluding carboxylic acids is 1. The summed E-state index contributed by atoms with van der Waals surface area (Å²) in [4.78, 5) is 23.6. The lowest BCUT2D eigenvalue weighted by molar-refractivity contribution is -0.141. The zero-order valence-electron chi connectivity index (χ0n) is 16.7. The van der Waals surface area contributed by atoms with Crippen molar-refractivity contribution in [1.29, 1.82) is 0 Å². The number of benzene rings is 1. The predicted octanol–water partition coefficient (Wildman–Crippen LogP) is 3.97. The Bertz CT molecular complexity index is 636. The van der Waals surface area contributed by atoms with Gasteiger partial charge in [-0.2, -0.15) is 0 Å². The fourth-order valence-corrected chi connectivity index (χ4v) is 4.47. The van der Waals surface area contributed by atoms with Crippen molar-refractivity contribution < 1.29 is 14.7 Å². The van der Waals surface area contributed by atoms with Crippen LogP contribution in [0.5, 0.6) is 0 Å². The van der Waals surface area contributed by atoms with Gasteiger partial charge in [0.05, 0.1) is 5.92 Å². The van der Waals surface area contributed by atoms with Crippen LogP contribution in [0, 0.1) is 11.8 Å². The van der Waals surface area contributed by atoms with Gasteiger partial charge in [0.25, 0.3) is 5.91 Å². The highest BCUT2D eigenvalue weighted by atomic mass is 35.5. The minimum absolute atomic E-state index is 0. The SMILES string of the molecule is CC(CC1CCC(NC(=O)c2ccc(C3CCNCC3)cc2)CC1)C(=O)O.Cl. The topological polar surface area (TPSA) is 78.4 Å². The Labute approximate surface area is 174 Å². The summed E-state index contributed by atoms with van der Waals surface area (Å²) in [5.74, 6) is 0.0903. The van der Waals surface area contributed by atoms with E-state index >= 15 is 0 Å². The van der Waals surface area contributed by atoms with Crippen molar-refractivity contribution in [3.63, 3.8) is 0 Å². The lowest BCUT2D eigenvalue weighted by atomic mass is 9.81. The van der Waals surface area contributed by atoms with Crippen LogP contribution in [0.15, 0.2) is 24.3 Å². The highest BCUT2D eigenvalue weighted by molar-refractivity contribution is 5.94. The van der Waals surface area contributed by atoms with Gasteiger partial charge in [-0.3, -0.25) is 9.59 Å². The van der Waals surface area contributed by atoms with E-state index in [0.717, 1.165) is 63.6 Å². The third kappa shape index (κ3) is 6.21. The van der Waals surface area contributed by atoms with E-state index in [-0.39, 0.29) is 30.3 Å². The molecule has 2 aliphatic rings. The fraction of sp³-hybridized carbons (Fsp3) is 0.636. The molecule has 28 heavy (non-hydrogen) atoms. The predicted molar refractivity (Wildman–Crippen MR) is 113 cm³/mol. The van der Waals surface area contributed by atoms with E-state index in [1.165, 1.54) is 5.56 Å². The minimum atomic E-state index is -0.710. The molecule has 6 heteroatoms. The number of carboxylic acids is 1. The summed E-state index contributed by atoms with van der Waals surface area (Å²) in [6, 6.07) is 8.32. The maximum atomic E-state index is 12.6. The number of hydrogen-bond acceptors (Lipinski definition) is 3. The monoisotopic (exact) mass is 408 g/mol. The second kappa shape index (κ2) is 10.8. The van der Waals surface area contributed by atoms with Crippen LogP contribution in [0.2, 0.25) is 0 Å². The summed E-state index contributed by atoms with van der Waals surface area (Å²) in [6.07, 6.45) is 6.94. The average Bonchev–Trinajstić information content (AvgIpc) is 2.70. The van der Waals surface area contributed by atoms with Gasteiger partial charge in [0.2, 0.25) is 0 Å². The Morgan fingerprint density at radius 2 is 1.68 bits per heavy atom. The van der Waals surface area contributed by atoms with Crippen LogP contribution in [0.1, 0.15) is 73.7 Å². The van der Waals surface area contributed by atoms with E-state index in [0.29, 0.717) is 11.8 Å². The van der Waals surface area contributed by atoms with Gasteiger partial charge in [-0.15, -0.1) is 12.4 Å². The molecule has 3 rings (SSSR count). The van der Waals surface area contributed by atoms with E-state index in [4.69, 9.17) is 5.11 Å². The van der Waals surface area contributed by atoms with Crippen LogP contribution in [0.4, 0.5) is 0 Å². The molecule has 2 fully saturated rings. The first kappa shape index (κ1) is 22.7. The van der Waals surface area contributed by atoms with Gasteiger partial charge in [0, 0.05) is 11.6 Å². The second-order valence-electron chi connectivity index (χ2n) is 8.31. The van der Waals surface area contributed by atoms with Crippen LogP contribution < -0.4 is 10.6 Å². The van der Waals surface area contributed by atoms with E-state index < -0.39 is 5.97 Å². The first-order chi connectivity index (χ1) is 13.0. The van der Waals surface area contributed by atoms with Crippen LogP contribution in [-0.2, 0) is 4.79 Å². The van der Waals surface area contributed by atoms with Crippen molar-refractivity contribution >= 4 is 24.3 Å². The number of aliphatic carboxylic acids is 1. The number of halogens is 1. The summed E-state index contributed by atoms with van der Waals surface area (Å²) in [5, 5.41) is 15.6. The first-order valence-corrected chi connectivity index (χ1v) is 10.4. The van der Waals surface area contributed by atoms with Crippen molar-refractivity contribution in [1.82, 2.24) is 10.6 Å². The molecule has 1 aliphatic carbocycles. The quantitative estimate of drug-likeness (QED) is 0.665. The molecule has 1 atom stereocenters. The summed E-state index contributed by atoms with van der Waals surface area (Å²) >= 11 is 0. The number of nitrogens with one attached hydrogen (secondary N) is 2. The van der Waals surface area contributed by atoms with Crippen LogP contribution in [0.3, 0.4) is 0 Å². The molecule has 1 saturated carbocycles. The molecule has 0 radical (unpaired) electrons. The number of amides is 1. The van der Waals surface area contributed by atoms with Gasteiger partial charge >= 0.3 is 5.97 Å². The van der Waals surface area contributed by atoms with Crippen molar-refractivity contribution in [3.05, 3.63) is 35.4 Å². The molecule has 1 aliphatic heterocycles. The van der Waals surface area contributed by atoms with Gasteiger partial charge in [0.1, 0.15) is 0 Å². The molecule has 1 heterocycles. The molecule has 1 saturated heterocycles. The maximum absolute atomic E-state index is 12.6. The van der Waals surface area contributed by atoms with Gasteiger partial charge in [-0.1, -0.05) is 19.1 Å². The normalized spacial score (nSPS) is 24.0. The van der Waals surface area contributed by atoms with Gasteiger partial charge in [-0.05, 0) is 87.6 Å². The smallest absolute Gasteiger partial charge is 0.306 e. The van der Waals surface area contributed by atoms with Crippen LogP contribution >= 0.6 is 12.4 Å². The molecule has 5 nitrogen and oxygen atoms in total. The van der Waals surface area contributed by atoms with Crippen molar-refractivity contribution in [2.45, 2.75) is 63.8 Å². The lowest BCUT2D eigenvalue weighted by Gasteiger charge is -2.30. The molecular formula is C22H33ClN2O3. The number of carbonyl (C=O) groups is 2. The largest absolute Gasteiger partial charge is 0.481 e. The third-order valence-electron chi connectivity index (χ3n) is 6.27. The van der Waals surface area contributed by atoms with Crippen LogP contribution in [-0.4, -0.2) is 36.1 Å². The van der Waals surface area contributed by atoms with E-state index in [1.807, 2.05) is 12.1 Å². The Morgan fingerprint density at radius 3 is 2.25 bits per heavy atom. The Kier molecular flexibility index (Phi) is 8.77. The van der Waals surface area contributed by atoms with E-state index in [1.54, 1.807) is 6.92 Å². The number of hydrogen-bond donors (Lipinski definition) is 3. The summed E-state index contributed by atoms with van der Waals surface area (Å²) < 4.78 is 0. The highest BCUT2D eigenvalue weighted by Crippen LogP contribution is 2.30. The van der Waals surface area contributed by atoms with Gasteiger partial charge in [-0.25, -0.2) is 0 Å². The standard InChI is InChI=1S/C22H32N2O3.ClH/c1-15(22(26)27)14-16-2-8-20(9-3-16)24-21(25)19-6-4-17(5-7-19)18-10-12-23-13-11-18;/h4-7,15-16,18,20,23H,2-3,8-14H2,1H3,(H,24,25)(H,26,27);1H. The maximum Gasteiger partial charge on any atom is 0.306 e. The molecule has 156 valence electrons. The fourth-order valence-electron chi connectivity index (χ4n) is 4.47. The third-order valence-corrected chi connectivity index (χ3v) is 6.27. The molecule has 1 amide bonds. The Hall–Kier alpha value is -1.59. The zero-order chi connectivity index (χ0) is 19.2. The highest BCUT2D eigenvalue weighted by Gasteiger charge is 2.25. The first-order valence-electron chi connectivity index (χ1n) is 10.4. The molecular weight excluding hydrogens is 376 g/mol. The van der Waals surface area contributed by atoms with E-state index in [9.17, 15) is 9.59 Å². The summed E-state index contributed by atoms with van der Waals surface area (Å²) in [5.41, 5.74) is 2.07. The summed E-state index contributed by atoms with van der Waals surface area (Å²) in [7, 11) is 0. The second-order valence-corrected chi connectivity index (χ2v) is 8.31. The van der Waals surface area contributed by atoms with Crippen molar-refractivity contribution in [2.24, 2.45) is 11.8 Å². The molecule has 0 spiro atoms. The molecule has 0 aromatic heterocycles. The number of piperidine rings is 1. The Morgan fingerprint density at radius 1 is 1.07 bits per heavy atom. The van der Waals surface area contributed by atoms with Crippen molar-refractivity contribution in [2.75, 3.05) is 13.1 Å². The zero-order valence-corrected chi connectivity index (χ0v) is 17.5. The molecule has 1 unspecified atom stereocenters. The average molecular weight is 409 g/mol. The number of carboxylic acid groups (broad SMARTS) is 1. The van der Waals surface area contributed by atoms with E-state index in [2.05, 4.69) is 22.8 Å². The van der Waals surface area contributed by atoms with Gasteiger partial charge in [0.15, 0.2) is 0 Å².